The van der Waals surface area contributed by atoms with Gasteiger partial charge in [0.05, 0.1) is 5.52 Å². The minimum Gasteiger partial charge on any atom is -0.408 e. The van der Waals surface area contributed by atoms with Crippen molar-refractivity contribution in [1.29, 1.82) is 0 Å². The summed E-state index contributed by atoms with van der Waals surface area (Å²) in [5, 5.41) is 0. The number of anilines is 1. The van der Waals surface area contributed by atoms with Crippen LogP contribution in [0.1, 0.15) is 21.5 Å². The molecule has 0 fully saturated rings. The lowest BCUT2D eigenvalue weighted by molar-refractivity contribution is 0.103. The molecule has 5 heteroatoms. The van der Waals surface area contributed by atoms with Gasteiger partial charge in [-0.1, -0.05) is 11.6 Å². The van der Waals surface area contributed by atoms with Gasteiger partial charge in [0.2, 0.25) is 0 Å². The number of nitrogens with two attached hydrogens (primary N) is 1. The number of rotatable bonds is 2. The molecule has 3 aromatic rings. The number of hydrogen-bond acceptors (Lipinski definition) is 4. The number of ketones is 1. The molecule has 0 saturated carbocycles. The first-order valence-corrected chi connectivity index (χ1v) is 6.48. The third-order valence-corrected chi connectivity index (χ3v) is 3.51. The first-order chi connectivity index (χ1) is 9.97. The van der Waals surface area contributed by atoms with Crippen molar-refractivity contribution in [2.24, 2.45) is 7.05 Å². The highest BCUT2D eigenvalue weighted by atomic mass is 16.4. The second kappa shape index (κ2) is 4.63. The molecule has 0 amide bonds. The average Bonchev–Trinajstić information content (AvgIpc) is 2.75. The Bertz CT molecular complexity index is 919. The van der Waals surface area contributed by atoms with E-state index in [1.165, 1.54) is 4.57 Å². The zero-order chi connectivity index (χ0) is 15.1. The first kappa shape index (κ1) is 13.2. The van der Waals surface area contributed by atoms with E-state index in [0.29, 0.717) is 27.9 Å². The van der Waals surface area contributed by atoms with Gasteiger partial charge in [-0.3, -0.25) is 9.36 Å². The van der Waals surface area contributed by atoms with Crippen molar-refractivity contribution >= 4 is 22.6 Å². The van der Waals surface area contributed by atoms with Gasteiger partial charge in [0.15, 0.2) is 11.4 Å². The Morgan fingerprint density at radius 2 is 1.95 bits per heavy atom. The Hall–Kier alpha value is -2.82. The Morgan fingerprint density at radius 3 is 2.71 bits per heavy atom. The smallest absolute Gasteiger partial charge is 0.408 e. The molecule has 1 heterocycles. The van der Waals surface area contributed by atoms with Crippen LogP contribution in [-0.4, -0.2) is 10.4 Å². The molecule has 0 unspecified atom stereocenters. The normalized spacial score (nSPS) is 11.0. The Labute approximate surface area is 120 Å². The molecule has 0 radical (unpaired) electrons. The fraction of sp³-hybridized carbons (Fsp3) is 0.125. The van der Waals surface area contributed by atoms with Crippen LogP contribution < -0.4 is 11.5 Å². The number of aromatic nitrogens is 1. The number of nitrogens with zero attached hydrogens (tertiary/aromatic N) is 1. The zero-order valence-electron chi connectivity index (χ0n) is 11.7. The lowest BCUT2D eigenvalue weighted by atomic mass is 10.00. The van der Waals surface area contributed by atoms with Crippen molar-refractivity contribution in [2.45, 2.75) is 6.92 Å². The summed E-state index contributed by atoms with van der Waals surface area (Å²) in [6, 6.07) is 10.3. The number of aryl methyl sites for hydroxylation is 2. The van der Waals surface area contributed by atoms with Crippen LogP contribution >= 0.6 is 0 Å². The van der Waals surface area contributed by atoms with E-state index in [0.717, 1.165) is 5.56 Å². The minimum atomic E-state index is -0.454. The van der Waals surface area contributed by atoms with Crippen LogP contribution in [0.2, 0.25) is 0 Å². The molecule has 106 valence electrons. The molecule has 0 aliphatic rings. The van der Waals surface area contributed by atoms with E-state index < -0.39 is 5.76 Å². The van der Waals surface area contributed by atoms with Gasteiger partial charge >= 0.3 is 5.76 Å². The predicted molar refractivity (Wildman–Crippen MR) is 80.5 cm³/mol. The van der Waals surface area contributed by atoms with Gasteiger partial charge in [-0.05, 0) is 37.3 Å². The van der Waals surface area contributed by atoms with E-state index in [-0.39, 0.29) is 5.78 Å². The second-order valence-electron chi connectivity index (χ2n) is 5.03. The Morgan fingerprint density at radius 1 is 1.19 bits per heavy atom. The van der Waals surface area contributed by atoms with Gasteiger partial charge in [0.25, 0.3) is 0 Å². The van der Waals surface area contributed by atoms with Crippen LogP contribution in [0.4, 0.5) is 5.69 Å². The third-order valence-electron chi connectivity index (χ3n) is 3.51. The van der Waals surface area contributed by atoms with Gasteiger partial charge in [-0.15, -0.1) is 0 Å². The molecule has 2 N–H and O–H groups in total. The number of fused-ring (bicyclic) bond motifs is 1. The molecule has 2 aromatic carbocycles. The van der Waals surface area contributed by atoms with Crippen molar-refractivity contribution in [1.82, 2.24) is 4.57 Å². The molecule has 3 rings (SSSR count). The molecule has 0 atom stereocenters. The maximum absolute atomic E-state index is 12.5. The molecular weight excluding hydrogens is 268 g/mol. The molecule has 0 bridgehead atoms. The number of carbonyl (C=O) groups is 1. The molecule has 5 nitrogen and oxygen atoms in total. The molecule has 1 aromatic heterocycles. The first-order valence-electron chi connectivity index (χ1n) is 6.48. The molecule has 0 aliphatic carbocycles. The lowest BCUT2D eigenvalue weighted by Gasteiger charge is -2.06. The molecule has 0 saturated heterocycles. The summed E-state index contributed by atoms with van der Waals surface area (Å²) < 4.78 is 6.50. The highest BCUT2D eigenvalue weighted by molar-refractivity contribution is 6.13. The predicted octanol–water partition coefficient (Wildman–Crippen LogP) is 2.25. The van der Waals surface area contributed by atoms with Gasteiger partial charge in [0.1, 0.15) is 0 Å². The summed E-state index contributed by atoms with van der Waals surface area (Å²) >= 11 is 0. The molecular formula is C16H14N2O3. The summed E-state index contributed by atoms with van der Waals surface area (Å²) in [6.07, 6.45) is 0. The Balaban J connectivity index is 2.13. The maximum atomic E-state index is 12.5. The number of carbonyl (C=O) groups excluding carboxylic acids is 1. The van der Waals surface area contributed by atoms with E-state index in [1.807, 2.05) is 13.0 Å². The number of hydrogen-bond donors (Lipinski definition) is 1. The van der Waals surface area contributed by atoms with E-state index in [1.54, 1.807) is 37.4 Å². The summed E-state index contributed by atoms with van der Waals surface area (Å²) in [4.78, 5) is 24.0. The maximum Gasteiger partial charge on any atom is 0.419 e. The number of nitrogen functional groups attached to an aromatic ring is 1. The van der Waals surface area contributed by atoms with Gasteiger partial charge in [-0.2, -0.15) is 0 Å². The Kier molecular flexibility index (Phi) is 2.90. The third kappa shape index (κ3) is 2.12. The highest BCUT2D eigenvalue weighted by Crippen LogP contribution is 2.21. The molecule has 21 heavy (non-hydrogen) atoms. The fourth-order valence-corrected chi connectivity index (χ4v) is 2.30. The lowest BCUT2D eigenvalue weighted by Crippen LogP contribution is -2.08. The second-order valence-corrected chi connectivity index (χ2v) is 5.03. The van der Waals surface area contributed by atoms with Crippen LogP contribution in [-0.2, 0) is 7.05 Å². The van der Waals surface area contributed by atoms with Crippen molar-refractivity contribution in [2.75, 3.05) is 5.73 Å². The minimum absolute atomic E-state index is 0.190. The SMILES string of the molecule is Cc1ccc(N)c(C(=O)c2ccc3c(c2)oc(=O)n3C)c1. The summed E-state index contributed by atoms with van der Waals surface area (Å²) in [6.45, 7) is 1.90. The largest absolute Gasteiger partial charge is 0.419 e. The highest BCUT2D eigenvalue weighted by Gasteiger charge is 2.15. The van der Waals surface area contributed by atoms with E-state index in [4.69, 9.17) is 10.2 Å². The van der Waals surface area contributed by atoms with Crippen LogP contribution in [0.5, 0.6) is 0 Å². The van der Waals surface area contributed by atoms with E-state index in [9.17, 15) is 9.59 Å². The summed E-state index contributed by atoms with van der Waals surface area (Å²) in [5.74, 6) is -0.644. The van der Waals surface area contributed by atoms with Crippen molar-refractivity contribution in [3.63, 3.8) is 0 Å². The van der Waals surface area contributed by atoms with Crippen molar-refractivity contribution < 1.29 is 9.21 Å². The van der Waals surface area contributed by atoms with Gasteiger partial charge in [0, 0.05) is 23.9 Å². The molecule has 0 spiro atoms. The summed E-state index contributed by atoms with van der Waals surface area (Å²) in [7, 11) is 1.62. The van der Waals surface area contributed by atoms with Crippen LogP contribution in [0.3, 0.4) is 0 Å². The van der Waals surface area contributed by atoms with Crippen molar-refractivity contribution in [3.05, 3.63) is 63.6 Å². The molecule has 0 aliphatic heterocycles. The fourth-order valence-electron chi connectivity index (χ4n) is 2.30. The van der Waals surface area contributed by atoms with Gasteiger partial charge < -0.3 is 10.2 Å². The number of benzene rings is 2. The van der Waals surface area contributed by atoms with Gasteiger partial charge in [-0.25, -0.2) is 4.79 Å². The zero-order valence-corrected chi connectivity index (χ0v) is 11.7. The van der Waals surface area contributed by atoms with Crippen molar-refractivity contribution in [3.8, 4) is 0 Å². The van der Waals surface area contributed by atoms with Crippen LogP contribution in [0.15, 0.2) is 45.6 Å². The van der Waals surface area contributed by atoms with E-state index >= 15 is 0 Å². The topological polar surface area (TPSA) is 78.2 Å². The number of oxazole rings is 1. The summed E-state index contributed by atoms with van der Waals surface area (Å²) in [5.41, 5.74) is 9.19. The van der Waals surface area contributed by atoms with Crippen LogP contribution in [0, 0.1) is 6.92 Å². The van der Waals surface area contributed by atoms with Crippen LogP contribution in [0.25, 0.3) is 11.1 Å². The quantitative estimate of drug-likeness (QED) is 0.577. The van der Waals surface area contributed by atoms with E-state index in [2.05, 4.69) is 0 Å². The monoisotopic (exact) mass is 282 g/mol. The standard InChI is InChI=1S/C16H14N2O3/c1-9-3-5-12(17)11(7-9)15(19)10-4-6-13-14(8-10)21-16(20)18(13)2/h3-8H,17H2,1-2H3. The average molecular weight is 282 g/mol.